The van der Waals surface area contributed by atoms with Crippen molar-refractivity contribution in [1.29, 1.82) is 0 Å². The molecule has 1 unspecified atom stereocenters. The van der Waals surface area contributed by atoms with Gasteiger partial charge in [-0.3, -0.25) is 0 Å². The van der Waals surface area contributed by atoms with Gasteiger partial charge in [-0.15, -0.1) is 0 Å². The predicted molar refractivity (Wildman–Crippen MR) is 55.6 cm³/mol. The maximum atomic E-state index is 9.07. The lowest BCUT2D eigenvalue weighted by atomic mass is 10.0. The zero-order valence-electron chi connectivity index (χ0n) is 8.40. The van der Waals surface area contributed by atoms with Gasteiger partial charge in [0.2, 0.25) is 0 Å². The van der Waals surface area contributed by atoms with Crippen molar-refractivity contribution < 1.29 is 10.2 Å². The third kappa shape index (κ3) is 2.80. The zero-order chi connectivity index (χ0) is 10.6. The molecule has 14 heavy (non-hydrogen) atoms. The summed E-state index contributed by atoms with van der Waals surface area (Å²) in [6, 6.07) is 5.79. The summed E-state index contributed by atoms with van der Waals surface area (Å²) >= 11 is 0. The Kier molecular flexibility index (Phi) is 4.07. The fourth-order valence-corrected chi connectivity index (χ4v) is 1.48. The van der Waals surface area contributed by atoms with Gasteiger partial charge in [0.15, 0.2) is 0 Å². The first kappa shape index (κ1) is 11.2. The molecule has 1 atom stereocenters. The molecule has 0 aromatic heterocycles. The first-order valence-corrected chi connectivity index (χ1v) is 4.75. The molecule has 3 heteroatoms. The van der Waals surface area contributed by atoms with Gasteiger partial charge in [0.25, 0.3) is 0 Å². The van der Waals surface area contributed by atoms with E-state index in [9.17, 15) is 0 Å². The smallest absolute Gasteiger partial charge is 0.0685 e. The molecule has 0 saturated carbocycles. The molecule has 1 aromatic rings. The van der Waals surface area contributed by atoms with E-state index in [0.717, 1.165) is 23.1 Å². The number of hydrogen-bond acceptors (Lipinski definition) is 3. The Bertz CT molecular complexity index is 297. The van der Waals surface area contributed by atoms with Gasteiger partial charge in [-0.1, -0.05) is 18.2 Å². The monoisotopic (exact) mass is 195 g/mol. The minimum absolute atomic E-state index is 0.0334. The summed E-state index contributed by atoms with van der Waals surface area (Å²) in [4.78, 5) is 0. The van der Waals surface area contributed by atoms with Crippen LogP contribution in [0.25, 0.3) is 0 Å². The maximum absolute atomic E-state index is 9.07. The average Bonchev–Trinajstić information content (AvgIpc) is 2.16. The lowest BCUT2D eigenvalue weighted by molar-refractivity contribution is 0.260. The molecule has 4 N–H and O–H groups in total. The number of nitrogens with two attached hydrogens (primary N) is 1. The van der Waals surface area contributed by atoms with E-state index in [1.165, 1.54) is 0 Å². The lowest BCUT2D eigenvalue weighted by Gasteiger charge is -2.09. The Balaban J connectivity index is 2.89. The average molecular weight is 195 g/mol. The number of aliphatic hydroxyl groups is 2. The van der Waals surface area contributed by atoms with Crippen LogP contribution in [0.5, 0.6) is 0 Å². The third-order valence-corrected chi connectivity index (χ3v) is 2.17. The molecular weight excluding hydrogens is 178 g/mol. The molecule has 78 valence electrons. The summed E-state index contributed by atoms with van der Waals surface area (Å²) in [5, 5.41) is 18.1. The second kappa shape index (κ2) is 5.10. The lowest BCUT2D eigenvalue weighted by Crippen LogP contribution is -2.17. The van der Waals surface area contributed by atoms with Crippen LogP contribution >= 0.6 is 0 Å². The van der Waals surface area contributed by atoms with Gasteiger partial charge in [0.1, 0.15) is 0 Å². The number of hydrogen-bond donors (Lipinski definition) is 3. The number of rotatable bonds is 4. The summed E-state index contributed by atoms with van der Waals surface area (Å²) in [6.07, 6.45) is 0.790. The Labute approximate surface area is 84.2 Å². The molecule has 1 rings (SSSR count). The quantitative estimate of drug-likeness (QED) is 0.657. The highest BCUT2D eigenvalue weighted by Gasteiger charge is 2.03. The van der Waals surface area contributed by atoms with Gasteiger partial charge in [-0.25, -0.2) is 0 Å². The van der Waals surface area contributed by atoms with Crippen LogP contribution in [-0.4, -0.2) is 16.3 Å². The zero-order valence-corrected chi connectivity index (χ0v) is 8.40. The molecule has 3 nitrogen and oxygen atoms in total. The molecule has 0 spiro atoms. The van der Waals surface area contributed by atoms with Gasteiger partial charge < -0.3 is 15.9 Å². The van der Waals surface area contributed by atoms with E-state index < -0.39 is 0 Å². The van der Waals surface area contributed by atoms with E-state index in [-0.39, 0.29) is 19.3 Å². The van der Waals surface area contributed by atoms with Gasteiger partial charge in [-0.05, 0) is 30.0 Å². The highest BCUT2D eigenvalue weighted by molar-refractivity contribution is 5.31. The summed E-state index contributed by atoms with van der Waals surface area (Å²) in [7, 11) is 0. The van der Waals surface area contributed by atoms with E-state index in [0.29, 0.717) is 0 Å². The largest absolute Gasteiger partial charge is 0.392 e. The highest BCUT2D eigenvalue weighted by Crippen LogP contribution is 2.13. The van der Waals surface area contributed by atoms with Crippen LogP contribution < -0.4 is 5.73 Å². The fourth-order valence-electron chi connectivity index (χ4n) is 1.48. The summed E-state index contributed by atoms with van der Waals surface area (Å²) in [5.41, 5.74) is 8.33. The van der Waals surface area contributed by atoms with Crippen molar-refractivity contribution in [3.05, 3.63) is 34.9 Å². The molecule has 0 aliphatic rings. The van der Waals surface area contributed by atoms with E-state index >= 15 is 0 Å². The minimum atomic E-state index is -0.0390. The molecule has 0 fully saturated rings. The maximum Gasteiger partial charge on any atom is 0.0685 e. The molecule has 1 aromatic carbocycles. The molecule has 0 heterocycles. The number of aliphatic hydroxyl groups excluding tert-OH is 2. The first-order chi connectivity index (χ1) is 6.67. The fraction of sp³-hybridized carbons (Fsp3) is 0.455. The van der Waals surface area contributed by atoms with Crippen molar-refractivity contribution in [2.24, 2.45) is 5.73 Å². The molecule has 0 radical (unpaired) electrons. The van der Waals surface area contributed by atoms with E-state index in [1.54, 1.807) is 0 Å². The van der Waals surface area contributed by atoms with Crippen molar-refractivity contribution >= 4 is 0 Å². The van der Waals surface area contributed by atoms with Crippen LogP contribution in [0.2, 0.25) is 0 Å². The predicted octanol–water partition coefficient (Wildman–Crippen LogP) is 0.561. The van der Waals surface area contributed by atoms with Gasteiger partial charge >= 0.3 is 0 Å². The van der Waals surface area contributed by atoms with Crippen molar-refractivity contribution in [3.63, 3.8) is 0 Å². The van der Waals surface area contributed by atoms with E-state index in [4.69, 9.17) is 15.9 Å². The standard InChI is InChI=1S/C11H17NO2/c1-8(12)4-9-2-3-10(6-13)11(5-9)7-14/h2-3,5,8,13-14H,4,6-7,12H2,1H3. The van der Waals surface area contributed by atoms with Crippen molar-refractivity contribution in [1.82, 2.24) is 0 Å². The molecule has 0 saturated heterocycles. The second-order valence-electron chi connectivity index (χ2n) is 3.60. The van der Waals surface area contributed by atoms with Crippen LogP contribution in [0, 0.1) is 0 Å². The SMILES string of the molecule is CC(N)Cc1ccc(CO)c(CO)c1. The van der Waals surface area contributed by atoms with E-state index in [2.05, 4.69) is 0 Å². The van der Waals surface area contributed by atoms with Gasteiger partial charge in [-0.2, -0.15) is 0 Å². The Morgan fingerprint density at radius 2 is 1.86 bits per heavy atom. The minimum Gasteiger partial charge on any atom is -0.392 e. The van der Waals surface area contributed by atoms with Crippen LogP contribution in [-0.2, 0) is 19.6 Å². The van der Waals surface area contributed by atoms with Gasteiger partial charge in [0, 0.05) is 6.04 Å². The first-order valence-electron chi connectivity index (χ1n) is 4.75. The molecule has 0 bridgehead atoms. The summed E-state index contributed by atoms with van der Waals surface area (Å²) in [6.45, 7) is 1.87. The summed E-state index contributed by atoms with van der Waals surface area (Å²) in [5.74, 6) is 0. The third-order valence-electron chi connectivity index (χ3n) is 2.17. The Morgan fingerprint density at radius 1 is 1.21 bits per heavy atom. The van der Waals surface area contributed by atoms with Crippen LogP contribution in [0.15, 0.2) is 18.2 Å². The van der Waals surface area contributed by atoms with Crippen LogP contribution in [0.1, 0.15) is 23.6 Å². The molecule has 0 aliphatic carbocycles. The van der Waals surface area contributed by atoms with Crippen molar-refractivity contribution in [2.45, 2.75) is 32.6 Å². The highest BCUT2D eigenvalue weighted by atomic mass is 16.3. The second-order valence-corrected chi connectivity index (χ2v) is 3.60. The molecule has 0 amide bonds. The van der Waals surface area contributed by atoms with E-state index in [1.807, 2.05) is 25.1 Å². The van der Waals surface area contributed by atoms with Crippen molar-refractivity contribution in [2.75, 3.05) is 0 Å². The Morgan fingerprint density at radius 3 is 2.36 bits per heavy atom. The summed E-state index contributed by atoms with van der Waals surface area (Å²) < 4.78 is 0. The normalized spacial score (nSPS) is 12.9. The Hall–Kier alpha value is -0.900. The van der Waals surface area contributed by atoms with Crippen molar-refractivity contribution in [3.8, 4) is 0 Å². The van der Waals surface area contributed by atoms with Crippen LogP contribution in [0.4, 0.5) is 0 Å². The topological polar surface area (TPSA) is 66.5 Å². The van der Waals surface area contributed by atoms with Crippen LogP contribution in [0.3, 0.4) is 0 Å². The molecule has 0 aliphatic heterocycles. The molecular formula is C11H17NO2. The van der Waals surface area contributed by atoms with Gasteiger partial charge in [0.05, 0.1) is 13.2 Å². The number of benzene rings is 1.